The third kappa shape index (κ3) is 10.8. The second-order valence-corrected chi connectivity index (χ2v) is 10.4. The number of benzene rings is 2. The number of rotatable bonds is 15. The summed E-state index contributed by atoms with van der Waals surface area (Å²) >= 11 is 0. The number of nitrogens with two attached hydrogens (primary N) is 2. The highest BCUT2D eigenvalue weighted by Crippen LogP contribution is 2.11. The quantitative estimate of drug-likeness (QED) is 0.0975. The van der Waals surface area contributed by atoms with Crippen molar-refractivity contribution in [1.82, 2.24) is 9.44 Å². The summed E-state index contributed by atoms with van der Waals surface area (Å²) in [6.07, 6.45) is 0. The van der Waals surface area contributed by atoms with Crippen molar-refractivity contribution in [3.8, 4) is 0 Å². The maximum atomic E-state index is 12.2. The van der Waals surface area contributed by atoms with E-state index < -0.39 is 20.0 Å². The van der Waals surface area contributed by atoms with Gasteiger partial charge >= 0.3 is 0 Å². The third-order valence-electron chi connectivity index (χ3n) is 4.40. The average molecular weight is 586 g/mol. The van der Waals surface area contributed by atoms with Crippen molar-refractivity contribution >= 4 is 56.5 Å². The molecule has 0 aliphatic heterocycles. The molecule has 2 aromatic carbocycles. The predicted molar refractivity (Wildman–Crippen MR) is 141 cm³/mol. The van der Waals surface area contributed by atoms with Crippen molar-refractivity contribution < 1.29 is 26.3 Å². The summed E-state index contributed by atoms with van der Waals surface area (Å²) in [6.45, 7) is 0.759. The summed E-state index contributed by atoms with van der Waals surface area (Å²) in [5.41, 5.74) is 11.5. The smallest absolute Gasteiger partial charge is 0.240 e. The van der Waals surface area contributed by atoms with Gasteiger partial charge in [0.2, 0.25) is 20.0 Å². The molecule has 0 aliphatic carbocycles. The van der Waals surface area contributed by atoms with Crippen molar-refractivity contribution in [2.45, 2.75) is 9.79 Å². The number of nitrogen functional groups attached to an aromatic ring is 2. The molecule has 0 saturated heterocycles. The highest BCUT2D eigenvalue weighted by molar-refractivity contribution is 7.89. The van der Waals surface area contributed by atoms with Gasteiger partial charge in [-0.05, 0) is 48.5 Å². The van der Waals surface area contributed by atoms with E-state index in [-0.39, 0.29) is 85.8 Å². The fourth-order valence-electron chi connectivity index (χ4n) is 2.61. The molecule has 0 spiro atoms. The lowest BCUT2D eigenvalue weighted by molar-refractivity contribution is 0.0522. The molecule has 12 nitrogen and oxygen atoms in total. The highest BCUT2D eigenvalue weighted by atomic mass is 35.5. The molecule has 0 bridgehead atoms. The molecule has 0 fully saturated rings. The van der Waals surface area contributed by atoms with Crippen LogP contribution in [-0.4, -0.2) is 68.0 Å². The van der Waals surface area contributed by atoms with Crippen molar-refractivity contribution in [2.75, 3.05) is 39.5 Å². The molecule has 0 aliphatic rings. The summed E-state index contributed by atoms with van der Waals surface area (Å²) in [7, 11) is -7.41. The Morgan fingerprint density at radius 1 is 0.639 bits per heavy atom. The van der Waals surface area contributed by atoms with E-state index in [2.05, 4.69) is 9.44 Å². The average Bonchev–Trinajstić information content (AvgIpc) is 2.80. The Balaban J connectivity index is 0.00000612. The van der Waals surface area contributed by atoms with Crippen molar-refractivity contribution in [1.29, 1.82) is 10.8 Å². The molecule has 16 heteroatoms. The minimum atomic E-state index is -3.71. The van der Waals surface area contributed by atoms with Crippen LogP contribution < -0.4 is 20.9 Å². The summed E-state index contributed by atoms with van der Waals surface area (Å²) in [6, 6.07) is 11.3. The summed E-state index contributed by atoms with van der Waals surface area (Å²) in [5.74, 6) is -0.296. The van der Waals surface area contributed by atoms with Crippen LogP contribution in [0.5, 0.6) is 0 Å². The number of hydrogen-bond donors (Lipinski definition) is 6. The van der Waals surface area contributed by atoms with Crippen LogP contribution in [0.1, 0.15) is 11.1 Å². The first kappa shape index (κ1) is 33.7. The molecule has 2 rings (SSSR count). The van der Waals surface area contributed by atoms with Crippen molar-refractivity contribution in [2.24, 2.45) is 11.5 Å². The number of nitrogens with one attached hydrogen (secondary N) is 4. The predicted octanol–water partition coefficient (Wildman–Crippen LogP) is 0.388. The summed E-state index contributed by atoms with van der Waals surface area (Å²) in [5, 5.41) is 14.6. The first-order valence-electron chi connectivity index (χ1n) is 10.1. The van der Waals surface area contributed by atoms with Gasteiger partial charge in [0.25, 0.3) is 0 Å². The maximum absolute atomic E-state index is 12.2. The molecule has 0 radical (unpaired) electrons. The van der Waals surface area contributed by atoms with E-state index in [4.69, 9.17) is 31.8 Å². The van der Waals surface area contributed by atoms with Gasteiger partial charge in [0.15, 0.2) is 0 Å². The Hall–Kier alpha value is -2.30. The first-order chi connectivity index (χ1) is 16.0. The van der Waals surface area contributed by atoms with E-state index in [0.717, 1.165) is 0 Å². The SMILES string of the molecule is Cl.Cl.N=C(N)c1ccc(S(=O)(=O)NCCOCCOCCNS(=O)(=O)c2ccc(C(=N)N)cc2)cc1. The Kier molecular flexibility index (Phi) is 14.7. The molecular weight excluding hydrogens is 555 g/mol. The van der Waals surface area contributed by atoms with Crippen LogP contribution in [0.2, 0.25) is 0 Å². The normalized spacial score (nSPS) is 11.2. The van der Waals surface area contributed by atoms with Crippen LogP contribution in [0.15, 0.2) is 58.3 Å². The van der Waals surface area contributed by atoms with E-state index in [1.54, 1.807) is 0 Å². The number of ether oxygens (including phenoxy) is 2. The summed E-state index contributed by atoms with van der Waals surface area (Å²) < 4.78 is 64.2. The Bertz CT molecular complexity index is 1100. The molecular formula is C20H30Cl2N6O6S2. The van der Waals surface area contributed by atoms with Crippen LogP contribution in [0.25, 0.3) is 0 Å². The van der Waals surface area contributed by atoms with Gasteiger partial charge in [-0.1, -0.05) is 0 Å². The van der Waals surface area contributed by atoms with Gasteiger partial charge in [-0.15, -0.1) is 24.8 Å². The molecule has 8 N–H and O–H groups in total. The second kappa shape index (κ2) is 15.7. The fourth-order valence-corrected chi connectivity index (χ4v) is 4.64. The standard InChI is InChI=1S/C20H28N6O6S2.2ClH/c21-19(22)15-1-5-17(6-2-15)33(27,28)25-9-11-31-13-14-32-12-10-26-34(29,30)18-7-3-16(4-8-18)20(23)24;;/h1-8,25-26H,9-14H2,(H3,21,22)(H3,23,24);2*1H. The van der Waals surface area contributed by atoms with Crippen LogP contribution in [0.4, 0.5) is 0 Å². The topological polar surface area (TPSA) is 211 Å². The van der Waals surface area contributed by atoms with Gasteiger partial charge in [0, 0.05) is 24.2 Å². The van der Waals surface area contributed by atoms with Crippen LogP contribution in [0, 0.1) is 10.8 Å². The van der Waals surface area contributed by atoms with Crippen molar-refractivity contribution in [3.63, 3.8) is 0 Å². The molecule has 202 valence electrons. The molecule has 0 amide bonds. The Morgan fingerprint density at radius 3 is 1.22 bits per heavy atom. The molecule has 36 heavy (non-hydrogen) atoms. The van der Waals surface area contributed by atoms with E-state index in [1.165, 1.54) is 48.5 Å². The number of sulfonamides is 2. The van der Waals surface area contributed by atoms with Gasteiger partial charge in [-0.3, -0.25) is 10.8 Å². The fraction of sp³-hybridized carbons (Fsp3) is 0.300. The molecule has 0 saturated carbocycles. The van der Waals surface area contributed by atoms with Crippen LogP contribution in [0.3, 0.4) is 0 Å². The van der Waals surface area contributed by atoms with Gasteiger partial charge in [-0.2, -0.15) is 0 Å². The van der Waals surface area contributed by atoms with Crippen LogP contribution in [-0.2, 0) is 29.5 Å². The number of halogens is 2. The second-order valence-electron chi connectivity index (χ2n) is 6.90. The molecule has 0 heterocycles. The number of amidine groups is 2. The zero-order valence-corrected chi connectivity index (χ0v) is 22.4. The minimum Gasteiger partial charge on any atom is -0.384 e. The molecule has 0 aromatic heterocycles. The zero-order valence-electron chi connectivity index (χ0n) is 19.1. The summed E-state index contributed by atoms with van der Waals surface area (Å²) in [4.78, 5) is 0.108. The lowest BCUT2D eigenvalue weighted by Crippen LogP contribution is -2.29. The van der Waals surface area contributed by atoms with E-state index in [9.17, 15) is 16.8 Å². The van der Waals surface area contributed by atoms with Gasteiger partial charge < -0.3 is 20.9 Å². The molecule has 0 atom stereocenters. The Labute approximate surface area is 223 Å². The van der Waals surface area contributed by atoms with Crippen LogP contribution >= 0.6 is 24.8 Å². The minimum absolute atomic E-state index is 0. The van der Waals surface area contributed by atoms with E-state index in [0.29, 0.717) is 11.1 Å². The van der Waals surface area contributed by atoms with Gasteiger partial charge in [0.05, 0.1) is 36.2 Å². The first-order valence-corrected chi connectivity index (χ1v) is 13.0. The van der Waals surface area contributed by atoms with Crippen molar-refractivity contribution in [3.05, 3.63) is 59.7 Å². The lowest BCUT2D eigenvalue weighted by atomic mass is 10.2. The van der Waals surface area contributed by atoms with Gasteiger partial charge in [-0.25, -0.2) is 26.3 Å². The lowest BCUT2D eigenvalue weighted by Gasteiger charge is -2.09. The number of hydrogen-bond acceptors (Lipinski definition) is 8. The van der Waals surface area contributed by atoms with Gasteiger partial charge in [0.1, 0.15) is 11.7 Å². The zero-order chi connectivity index (χ0) is 25.2. The van der Waals surface area contributed by atoms with E-state index >= 15 is 0 Å². The monoisotopic (exact) mass is 584 g/mol. The largest absolute Gasteiger partial charge is 0.384 e. The molecule has 2 aromatic rings. The third-order valence-corrected chi connectivity index (χ3v) is 7.35. The Morgan fingerprint density at radius 2 is 0.944 bits per heavy atom. The van der Waals surface area contributed by atoms with E-state index in [1.807, 2.05) is 0 Å². The highest BCUT2D eigenvalue weighted by Gasteiger charge is 2.14. The maximum Gasteiger partial charge on any atom is 0.240 e. The molecule has 0 unspecified atom stereocenters.